The number of halogens is 1. The van der Waals surface area contributed by atoms with Gasteiger partial charge >= 0.3 is 0 Å². The molecule has 1 aromatic heterocycles. The zero-order chi connectivity index (χ0) is 16.7. The average Bonchev–Trinajstić information content (AvgIpc) is 2.53. The fraction of sp³-hybridized carbons (Fsp3) is 0.312. The van der Waals surface area contributed by atoms with E-state index in [1.54, 1.807) is 24.3 Å². The van der Waals surface area contributed by atoms with Gasteiger partial charge in [0.05, 0.1) is 0 Å². The van der Waals surface area contributed by atoms with Crippen LogP contribution < -0.4 is 10.6 Å². The molecule has 0 aliphatic carbocycles. The molecule has 1 heterocycles. The number of anilines is 2. The summed E-state index contributed by atoms with van der Waals surface area (Å²) in [6.07, 6.45) is 1.02. The van der Waals surface area contributed by atoms with E-state index in [9.17, 15) is 4.79 Å². The van der Waals surface area contributed by atoms with Crippen molar-refractivity contribution in [1.82, 2.24) is 15.1 Å². The van der Waals surface area contributed by atoms with Crippen molar-refractivity contribution < 1.29 is 4.79 Å². The average molecular weight is 378 g/mol. The van der Waals surface area contributed by atoms with Crippen LogP contribution in [0.2, 0.25) is 0 Å². The van der Waals surface area contributed by atoms with Crippen molar-refractivity contribution >= 4 is 33.5 Å². The van der Waals surface area contributed by atoms with Gasteiger partial charge in [-0.25, -0.2) is 0 Å². The molecule has 0 spiro atoms. The van der Waals surface area contributed by atoms with Gasteiger partial charge in [-0.1, -0.05) is 15.9 Å². The number of nitrogens with one attached hydrogen (secondary N) is 2. The third kappa shape index (κ3) is 5.96. The van der Waals surface area contributed by atoms with Crippen molar-refractivity contribution in [3.05, 3.63) is 46.4 Å². The van der Waals surface area contributed by atoms with Gasteiger partial charge in [-0.15, -0.1) is 10.2 Å². The second-order valence-electron chi connectivity index (χ2n) is 5.35. The lowest BCUT2D eigenvalue weighted by Crippen LogP contribution is -2.17. The first kappa shape index (κ1) is 17.4. The standard InChI is InChI=1S/C16H20BrN5O/c1-22(2)11-3-10-18-14-8-9-15(21-20-14)19-16(23)12-4-6-13(17)7-5-12/h4-9H,3,10-11H2,1-2H3,(H,18,20)(H,19,21,23). The summed E-state index contributed by atoms with van der Waals surface area (Å²) in [6.45, 7) is 1.85. The molecule has 0 saturated heterocycles. The maximum atomic E-state index is 12.1. The molecule has 122 valence electrons. The van der Waals surface area contributed by atoms with E-state index in [2.05, 4.69) is 41.7 Å². The van der Waals surface area contributed by atoms with Crippen LogP contribution in [0.4, 0.5) is 11.6 Å². The monoisotopic (exact) mass is 377 g/mol. The number of amides is 1. The van der Waals surface area contributed by atoms with Crippen LogP contribution in [-0.4, -0.2) is 48.2 Å². The van der Waals surface area contributed by atoms with Crippen LogP contribution in [-0.2, 0) is 0 Å². The summed E-state index contributed by atoms with van der Waals surface area (Å²) in [5.74, 6) is 0.917. The highest BCUT2D eigenvalue weighted by Gasteiger charge is 2.07. The molecule has 0 aliphatic rings. The number of aromatic nitrogens is 2. The predicted molar refractivity (Wildman–Crippen MR) is 95.8 cm³/mol. The third-order valence-corrected chi connectivity index (χ3v) is 3.63. The summed E-state index contributed by atoms with van der Waals surface area (Å²) in [4.78, 5) is 14.2. The fourth-order valence-corrected chi connectivity index (χ4v) is 2.16. The Bertz CT molecular complexity index is 628. The quantitative estimate of drug-likeness (QED) is 0.726. The topological polar surface area (TPSA) is 70.2 Å². The van der Waals surface area contributed by atoms with Gasteiger partial charge in [0.25, 0.3) is 5.91 Å². The molecule has 0 bridgehead atoms. The summed E-state index contributed by atoms with van der Waals surface area (Å²) in [5.41, 5.74) is 0.570. The van der Waals surface area contributed by atoms with E-state index in [0.29, 0.717) is 17.2 Å². The number of hydrogen-bond donors (Lipinski definition) is 2. The molecule has 0 aliphatic heterocycles. The SMILES string of the molecule is CN(C)CCCNc1ccc(NC(=O)c2ccc(Br)cc2)nn1. The van der Waals surface area contributed by atoms with E-state index in [0.717, 1.165) is 24.0 Å². The molecule has 0 atom stereocenters. The molecule has 1 aromatic carbocycles. The van der Waals surface area contributed by atoms with Crippen LogP contribution in [0.5, 0.6) is 0 Å². The first-order chi connectivity index (χ1) is 11.0. The number of hydrogen-bond acceptors (Lipinski definition) is 5. The Balaban J connectivity index is 1.84. The van der Waals surface area contributed by atoms with Gasteiger partial charge in [0, 0.05) is 16.6 Å². The summed E-state index contributed by atoms with van der Waals surface area (Å²) in [7, 11) is 4.09. The smallest absolute Gasteiger partial charge is 0.256 e. The summed E-state index contributed by atoms with van der Waals surface area (Å²) >= 11 is 3.34. The van der Waals surface area contributed by atoms with E-state index in [1.165, 1.54) is 0 Å². The number of rotatable bonds is 7. The van der Waals surface area contributed by atoms with Crippen molar-refractivity contribution in [3.8, 4) is 0 Å². The van der Waals surface area contributed by atoms with Gasteiger partial charge in [0.2, 0.25) is 0 Å². The van der Waals surface area contributed by atoms with Gasteiger partial charge < -0.3 is 15.5 Å². The maximum absolute atomic E-state index is 12.1. The van der Waals surface area contributed by atoms with Gasteiger partial charge in [-0.05, 0) is 63.5 Å². The number of nitrogens with zero attached hydrogens (tertiary/aromatic N) is 3. The third-order valence-electron chi connectivity index (χ3n) is 3.10. The first-order valence-corrected chi connectivity index (χ1v) is 8.13. The molecule has 0 unspecified atom stereocenters. The largest absolute Gasteiger partial charge is 0.369 e. The lowest BCUT2D eigenvalue weighted by molar-refractivity contribution is 0.102. The van der Waals surface area contributed by atoms with Crippen molar-refractivity contribution in [2.75, 3.05) is 37.8 Å². The molecule has 2 aromatic rings. The lowest BCUT2D eigenvalue weighted by atomic mass is 10.2. The molecule has 23 heavy (non-hydrogen) atoms. The molecule has 6 nitrogen and oxygen atoms in total. The van der Waals surface area contributed by atoms with Gasteiger partial charge in [-0.2, -0.15) is 0 Å². The summed E-state index contributed by atoms with van der Waals surface area (Å²) < 4.78 is 0.929. The zero-order valence-electron chi connectivity index (χ0n) is 13.2. The molecule has 2 rings (SSSR count). The normalized spacial score (nSPS) is 10.6. The molecule has 0 fully saturated rings. The number of carbonyl (C=O) groups excluding carboxylic acids is 1. The van der Waals surface area contributed by atoms with Crippen LogP contribution in [0.25, 0.3) is 0 Å². The molecule has 1 amide bonds. The van der Waals surface area contributed by atoms with Gasteiger partial charge in [0.15, 0.2) is 5.82 Å². The van der Waals surface area contributed by atoms with Crippen LogP contribution >= 0.6 is 15.9 Å². The molecular weight excluding hydrogens is 358 g/mol. The van der Waals surface area contributed by atoms with E-state index in [4.69, 9.17) is 0 Å². The van der Waals surface area contributed by atoms with Crippen LogP contribution in [0.1, 0.15) is 16.8 Å². The van der Waals surface area contributed by atoms with Crippen molar-refractivity contribution in [3.63, 3.8) is 0 Å². The highest BCUT2D eigenvalue weighted by molar-refractivity contribution is 9.10. The van der Waals surface area contributed by atoms with Crippen molar-refractivity contribution in [2.24, 2.45) is 0 Å². The van der Waals surface area contributed by atoms with Crippen LogP contribution in [0, 0.1) is 0 Å². The predicted octanol–water partition coefficient (Wildman–Crippen LogP) is 2.86. The second-order valence-corrected chi connectivity index (χ2v) is 6.26. The molecule has 0 saturated carbocycles. The number of carbonyl (C=O) groups is 1. The first-order valence-electron chi connectivity index (χ1n) is 7.34. The van der Waals surface area contributed by atoms with Crippen LogP contribution in [0.15, 0.2) is 40.9 Å². The lowest BCUT2D eigenvalue weighted by Gasteiger charge is -2.10. The highest BCUT2D eigenvalue weighted by Crippen LogP contribution is 2.12. The summed E-state index contributed by atoms with van der Waals surface area (Å²) in [5, 5.41) is 14.0. The van der Waals surface area contributed by atoms with Crippen LogP contribution in [0.3, 0.4) is 0 Å². The van der Waals surface area contributed by atoms with Gasteiger partial charge in [0.1, 0.15) is 5.82 Å². The Morgan fingerprint density at radius 2 is 1.74 bits per heavy atom. The Kier molecular flexibility index (Phi) is 6.49. The zero-order valence-corrected chi connectivity index (χ0v) is 14.8. The van der Waals surface area contributed by atoms with E-state index in [1.807, 2.05) is 26.2 Å². The Morgan fingerprint density at radius 3 is 2.35 bits per heavy atom. The molecule has 0 radical (unpaired) electrons. The minimum Gasteiger partial charge on any atom is -0.369 e. The maximum Gasteiger partial charge on any atom is 0.256 e. The molecule has 7 heteroatoms. The minimum absolute atomic E-state index is 0.210. The van der Waals surface area contributed by atoms with Crippen molar-refractivity contribution in [1.29, 1.82) is 0 Å². The Labute approximate surface area is 144 Å². The van der Waals surface area contributed by atoms with E-state index >= 15 is 0 Å². The van der Waals surface area contributed by atoms with E-state index in [-0.39, 0.29) is 5.91 Å². The molecular formula is C16H20BrN5O. The Morgan fingerprint density at radius 1 is 1.09 bits per heavy atom. The fourth-order valence-electron chi connectivity index (χ4n) is 1.89. The number of benzene rings is 1. The minimum atomic E-state index is -0.210. The van der Waals surface area contributed by atoms with E-state index < -0.39 is 0 Å². The highest BCUT2D eigenvalue weighted by atomic mass is 79.9. The molecule has 2 N–H and O–H groups in total. The Hall–Kier alpha value is -1.99. The summed E-state index contributed by atoms with van der Waals surface area (Å²) in [6, 6.07) is 10.7. The van der Waals surface area contributed by atoms with Gasteiger partial charge in [-0.3, -0.25) is 4.79 Å². The second kappa shape index (κ2) is 8.59. The van der Waals surface area contributed by atoms with Crippen molar-refractivity contribution in [2.45, 2.75) is 6.42 Å².